The van der Waals surface area contributed by atoms with Gasteiger partial charge in [-0.15, -0.1) is 0 Å². The summed E-state index contributed by atoms with van der Waals surface area (Å²) < 4.78 is 144. The highest BCUT2D eigenvalue weighted by atomic mass is 35.5. The highest BCUT2D eigenvalue weighted by Crippen LogP contribution is 2.58. The standard InChI is InChI=1S/C38H28ClF8N7O4S/c1-36(56,17-40)11-10-21-4-5-22(23-7-9-26(39)30-32(23)53(2)51-35(30)52-59(3,57)58)31(48-21)27(14-18-12-19(41)15-20(42)13-18)49-28(55)16-54-34-29(33(50-54)38(45,46)47)24-6-8-25(24)37(34,43)44/h4-5,7,9,12-13,15,24-25,27,56H,14,16-17H2,1-3H3,(H,49,55)(H,51,52). The van der Waals surface area contributed by atoms with E-state index in [9.17, 15) is 44.7 Å². The molecule has 2 aliphatic rings. The Morgan fingerprint density at radius 1 is 1.08 bits per heavy atom. The number of hydrogen-bond acceptors (Lipinski definition) is 7. The fourth-order valence-corrected chi connectivity index (χ4v) is 7.79. The van der Waals surface area contributed by atoms with Crippen LogP contribution in [-0.4, -0.2) is 62.5 Å². The van der Waals surface area contributed by atoms with Crippen molar-refractivity contribution in [2.75, 3.05) is 17.7 Å². The van der Waals surface area contributed by atoms with Crippen LogP contribution in [0.1, 0.15) is 52.8 Å². The van der Waals surface area contributed by atoms with E-state index < -0.39 is 99.7 Å². The number of nitrogens with zero attached hydrogens (tertiary/aromatic N) is 5. The van der Waals surface area contributed by atoms with Gasteiger partial charge < -0.3 is 10.4 Å². The number of carbonyl (C=O) groups is 1. The third-order valence-electron chi connectivity index (χ3n) is 9.48. The highest BCUT2D eigenvalue weighted by molar-refractivity contribution is 7.92. The first-order valence-electron chi connectivity index (χ1n) is 17.2. The molecule has 1 amide bonds. The van der Waals surface area contributed by atoms with E-state index in [0.717, 1.165) is 25.3 Å². The number of halogens is 9. The first-order chi connectivity index (χ1) is 27.5. The molecular weight excluding hydrogens is 838 g/mol. The second-order valence-corrected chi connectivity index (χ2v) is 16.3. The molecule has 0 spiro atoms. The predicted molar refractivity (Wildman–Crippen MR) is 197 cm³/mol. The molecule has 3 heterocycles. The molecule has 3 aromatic heterocycles. The third-order valence-corrected chi connectivity index (χ3v) is 10.4. The van der Waals surface area contributed by atoms with E-state index in [1.807, 2.05) is 0 Å². The van der Waals surface area contributed by atoms with Crippen molar-refractivity contribution in [2.24, 2.45) is 13.0 Å². The fraction of sp³-hybridized carbons (Fsp3) is 0.316. The van der Waals surface area contributed by atoms with Crippen LogP contribution < -0.4 is 10.0 Å². The molecule has 0 aliphatic heterocycles. The van der Waals surface area contributed by atoms with Crippen molar-refractivity contribution in [3.8, 4) is 34.8 Å². The Labute approximate surface area is 334 Å². The Balaban J connectivity index is 1.40. The van der Waals surface area contributed by atoms with E-state index in [4.69, 9.17) is 11.6 Å². The maximum absolute atomic E-state index is 15.5. The van der Waals surface area contributed by atoms with Crippen molar-refractivity contribution in [3.05, 3.63) is 93.0 Å². The van der Waals surface area contributed by atoms with E-state index in [1.165, 1.54) is 36.0 Å². The quantitative estimate of drug-likeness (QED) is 0.113. The molecule has 5 aromatic rings. The maximum atomic E-state index is 15.5. The van der Waals surface area contributed by atoms with Crippen LogP contribution in [0.15, 0.2) is 42.5 Å². The van der Waals surface area contributed by atoms with Gasteiger partial charge in [-0.3, -0.25) is 18.9 Å². The molecule has 4 unspecified atom stereocenters. The van der Waals surface area contributed by atoms with Crippen LogP contribution in [0.25, 0.3) is 22.0 Å². The number of carbonyl (C=O) groups excluding carboxylic acids is 1. The molecule has 4 atom stereocenters. The minimum Gasteiger partial charge on any atom is -0.375 e. The zero-order valence-electron chi connectivity index (χ0n) is 30.6. The van der Waals surface area contributed by atoms with Gasteiger partial charge in [0.1, 0.15) is 42.2 Å². The number of amides is 1. The summed E-state index contributed by atoms with van der Waals surface area (Å²) in [5.74, 6) is -1.16. The molecule has 308 valence electrons. The lowest BCUT2D eigenvalue weighted by molar-refractivity contribution is -0.142. The lowest BCUT2D eigenvalue weighted by Crippen LogP contribution is -2.36. The molecule has 3 N–H and O–H groups in total. The van der Waals surface area contributed by atoms with Crippen molar-refractivity contribution < 1.29 is 53.4 Å². The van der Waals surface area contributed by atoms with E-state index in [1.54, 1.807) is 0 Å². The fourth-order valence-electron chi connectivity index (χ4n) is 7.05. The number of nitrogens with one attached hydrogen (secondary N) is 2. The third kappa shape index (κ3) is 7.91. The summed E-state index contributed by atoms with van der Waals surface area (Å²) in [6.45, 7) is -1.38. The largest absolute Gasteiger partial charge is 0.435 e. The summed E-state index contributed by atoms with van der Waals surface area (Å²) in [7, 11) is -2.43. The lowest BCUT2D eigenvalue weighted by Gasteiger charge is -2.24. The van der Waals surface area contributed by atoms with Crippen LogP contribution in [0.3, 0.4) is 0 Å². The number of aliphatic hydroxyl groups is 1. The Kier molecular flexibility index (Phi) is 10.2. The van der Waals surface area contributed by atoms with Crippen LogP contribution in [0.5, 0.6) is 0 Å². The second-order valence-electron chi connectivity index (χ2n) is 14.2. The number of pyridine rings is 1. The summed E-state index contributed by atoms with van der Waals surface area (Å²) in [6, 6.07) is 6.60. The smallest absolute Gasteiger partial charge is 0.375 e. The number of benzene rings is 2. The molecule has 0 fully saturated rings. The number of anilines is 1. The molecule has 0 radical (unpaired) electrons. The molecule has 0 saturated carbocycles. The van der Waals surface area contributed by atoms with Gasteiger partial charge in [0, 0.05) is 29.8 Å². The maximum Gasteiger partial charge on any atom is 0.435 e. The summed E-state index contributed by atoms with van der Waals surface area (Å²) in [5, 5.41) is 20.6. The molecule has 7 rings (SSSR count). The lowest BCUT2D eigenvalue weighted by atomic mass is 9.84. The summed E-state index contributed by atoms with van der Waals surface area (Å²) in [4.78, 5) is 18.5. The van der Waals surface area contributed by atoms with Crippen molar-refractivity contribution in [1.29, 1.82) is 0 Å². The first kappa shape index (κ1) is 41.5. The molecule has 21 heteroatoms. The molecule has 0 saturated heterocycles. The number of aryl methyl sites for hydroxylation is 1. The normalized spacial score (nSPS) is 18.1. The van der Waals surface area contributed by atoms with Gasteiger partial charge in [-0.05, 0) is 55.2 Å². The number of sulfonamides is 1. The van der Waals surface area contributed by atoms with Gasteiger partial charge in [-0.25, -0.2) is 26.6 Å². The topological polar surface area (TPSA) is 144 Å². The van der Waals surface area contributed by atoms with Crippen LogP contribution in [0, 0.1) is 41.2 Å². The number of rotatable bonds is 10. The van der Waals surface area contributed by atoms with Crippen molar-refractivity contribution in [2.45, 2.75) is 49.5 Å². The average molecular weight is 866 g/mol. The zero-order chi connectivity index (χ0) is 43.0. The van der Waals surface area contributed by atoms with Crippen molar-refractivity contribution in [1.82, 2.24) is 29.9 Å². The van der Waals surface area contributed by atoms with Gasteiger partial charge in [-0.1, -0.05) is 35.4 Å². The van der Waals surface area contributed by atoms with E-state index in [0.29, 0.717) is 6.07 Å². The molecule has 0 bridgehead atoms. The number of alkyl halides is 6. The SMILES string of the molecule is Cn1nc(NS(C)(=O)=O)c2c(Cl)ccc(-c3ccc(C#CC(C)(O)CF)nc3C(Cc3cc(F)cc(F)c3)NC(=O)Cn3nc(C(F)(F)F)c4c3C(F)(F)C3C#CC43)c21. The Hall–Kier alpha value is -5.70. The van der Waals surface area contributed by atoms with Crippen LogP contribution >= 0.6 is 11.6 Å². The Morgan fingerprint density at radius 2 is 1.76 bits per heavy atom. The minimum absolute atomic E-state index is 0.0501. The van der Waals surface area contributed by atoms with Crippen LogP contribution in [0.4, 0.5) is 40.9 Å². The predicted octanol–water partition coefficient (Wildman–Crippen LogP) is 6.15. The second kappa shape index (κ2) is 14.5. The summed E-state index contributed by atoms with van der Waals surface area (Å²) in [5.41, 5.74) is -5.51. The zero-order valence-corrected chi connectivity index (χ0v) is 32.2. The summed E-state index contributed by atoms with van der Waals surface area (Å²) in [6.07, 6.45) is -4.78. The van der Waals surface area contributed by atoms with E-state index >= 15 is 8.78 Å². The monoisotopic (exact) mass is 865 g/mol. The number of aromatic nitrogens is 5. The average Bonchev–Trinajstić information content (AvgIpc) is 3.68. The Bertz CT molecular complexity index is 2800. The molecule has 11 nitrogen and oxygen atoms in total. The van der Waals surface area contributed by atoms with E-state index in [2.05, 4.69) is 48.9 Å². The van der Waals surface area contributed by atoms with Gasteiger partial charge in [0.25, 0.3) is 0 Å². The summed E-state index contributed by atoms with van der Waals surface area (Å²) >= 11 is 6.54. The number of fused-ring (bicyclic) bond motifs is 4. The van der Waals surface area contributed by atoms with Gasteiger partial charge in [-0.2, -0.15) is 32.1 Å². The van der Waals surface area contributed by atoms with Crippen molar-refractivity contribution in [3.63, 3.8) is 0 Å². The van der Waals surface area contributed by atoms with Crippen molar-refractivity contribution >= 4 is 44.3 Å². The minimum atomic E-state index is -5.18. The Morgan fingerprint density at radius 3 is 2.37 bits per heavy atom. The van der Waals surface area contributed by atoms with Gasteiger partial charge in [0.2, 0.25) is 15.9 Å². The van der Waals surface area contributed by atoms with Crippen LogP contribution in [0.2, 0.25) is 5.02 Å². The highest BCUT2D eigenvalue weighted by Gasteiger charge is 2.62. The first-order valence-corrected chi connectivity index (χ1v) is 19.5. The van der Waals surface area contributed by atoms with Gasteiger partial charge in [0.15, 0.2) is 17.1 Å². The van der Waals surface area contributed by atoms with Gasteiger partial charge >= 0.3 is 12.1 Å². The van der Waals surface area contributed by atoms with E-state index in [-0.39, 0.29) is 54.5 Å². The molecule has 59 heavy (non-hydrogen) atoms. The molecular formula is C38H28ClF8N7O4S. The molecule has 2 aromatic carbocycles. The number of hydrogen-bond donors (Lipinski definition) is 3. The van der Waals surface area contributed by atoms with Gasteiger partial charge in [0.05, 0.1) is 39.8 Å². The molecule has 2 aliphatic carbocycles. The van der Waals surface area contributed by atoms with Crippen LogP contribution in [-0.2, 0) is 46.9 Å².